The number of hydrogen-bond acceptors (Lipinski definition) is 4. The van der Waals surface area contributed by atoms with Gasteiger partial charge in [-0.15, -0.1) is 5.10 Å². The smallest absolute Gasteiger partial charge is 0.350 e. The molecule has 0 amide bonds. The lowest BCUT2D eigenvalue weighted by Crippen LogP contribution is -2.21. The van der Waals surface area contributed by atoms with E-state index in [-0.39, 0.29) is 12.3 Å². The fourth-order valence-corrected chi connectivity index (χ4v) is 1.58. The summed E-state index contributed by atoms with van der Waals surface area (Å²) in [5, 5.41) is 12.8. The van der Waals surface area contributed by atoms with E-state index < -0.39 is 0 Å². The molecule has 2 rings (SSSR count). The number of aryl methyl sites for hydroxylation is 1. The SMILES string of the molecule is O=c1n(CCCCCO)nc2cnccn12. The van der Waals surface area contributed by atoms with E-state index in [4.69, 9.17) is 5.11 Å². The molecular formula is C10H14N4O2. The number of rotatable bonds is 5. The van der Waals surface area contributed by atoms with E-state index >= 15 is 0 Å². The third-order valence-electron chi connectivity index (χ3n) is 2.42. The molecule has 16 heavy (non-hydrogen) atoms. The highest BCUT2D eigenvalue weighted by Gasteiger charge is 2.04. The number of aromatic nitrogens is 4. The van der Waals surface area contributed by atoms with Gasteiger partial charge in [0, 0.05) is 25.5 Å². The maximum absolute atomic E-state index is 11.8. The Morgan fingerprint density at radius 3 is 2.94 bits per heavy atom. The van der Waals surface area contributed by atoms with Gasteiger partial charge in [-0.3, -0.25) is 4.98 Å². The molecule has 0 aromatic carbocycles. The van der Waals surface area contributed by atoms with Gasteiger partial charge in [-0.05, 0) is 19.3 Å². The minimum absolute atomic E-state index is 0.138. The van der Waals surface area contributed by atoms with E-state index in [0.717, 1.165) is 19.3 Å². The summed E-state index contributed by atoms with van der Waals surface area (Å²) in [7, 11) is 0. The second kappa shape index (κ2) is 4.89. The van der Waals surface area contributed by atoms with Crippen LogP contribution < -0.4 is 5.69 Å². The van der Waals surface area contributed by atoms with Crippen LogP contribution in [0, 0.1) is 0 Å². The molecule has 0 atom stereocenters. The molecule has 2 aromatic heterocycles. The van der Waals surface area contributed by atoms with Gasteiger partial charge < -0.3 is 5.11 Å². The summed E-state index contributed by atoms with van der Waals surface area (Å²) >= 11 is 0. The van der Waals surface area contributed by atoms with Crippen molar-refractivity contribution in [2.75, 3.05) is 6.61 Å². The maximum atomic E-state index is 11.8. The van der Waals surface area contributed by atoms with Gasteiger partial charge in [0.25, 0.3) is 0 Å². The van der Waals surface area contributed by atoms with Crippen molar-refractivity contribution in [2.45, 2.75) is 25.8 Å². The molecule has 0 saturated carbocycles. The number of nitrogens with zero attached hydrogens (tertiary/aromatic N) is 4. The average molecular weight is 222 g/mol. The first-order valence-electron chi connectivity index (χ1n) is 5.33. The van der Waals surface area contributed by atoms with Crippen molar-refractivity contribution in [1.29, 1.82) is 0 Å². The zero-order valence-corrected chi connectivity index (χ0v) is 8.91. The molecule has 0 unspecified atom stereocenters. The molecule has 0 saturated heterocycles. The third-order valence-corrected chi connectivity index (χ3v) is 2.42. The molecule has 0 aliphatic heterocycles. The van der Waals surface area contributed by atoms with E-state index in [9.17, 15) is 4.79 Å². The molecule has 0 fully saturated rings. The van der Waals surface area contributed by atoms with E-state index in [2.05, 4.69) is 10.1 Å². The minimum atomic E-state index is -0.138. The van der Waals surface area contributed by atoms with Crippen LogP contribution in [0.25, 0.3) is 5.65 Å². The molecule has 0 bridgehead atoms. The first-order valence-corrected chi connectivity index (χ1v) is 5.33. The number of fused-ring (bicyclic) bond motifs is 1. The lowest BCUT2D eigenvalue weighted by Gasteiger charge is -1.97. The van der Waals surface area contributed by atoms with Crippen molar-refractivity contribution < 1.29 is 5.11 Å². The largest absolute Gasteiger partial charge is 0.396 e. The Morgan fingerprint density at radius 2 is 2.19 bits per heavy atom. The summed E-state index contributed by atoms with van der Waals surface area (Å²) in [5.74, 6) is 0. The zero-order chi connectivity index (χ0) is 11.4. The van der Waals surface area contributed by atoms with E-state index in [1.807, 2.05) is 0 Å². The predicted molar refractivity (Wildman–Crippen MR) is 58.2 cm³/mol. The van der Waals surface area contributed by atoms with Gasteiger partial charge in [-0.2, -0.15) is 0 Å². The van der Waals surface area contributed by atoms with Gasteiger partial charge in [-0.25, -0.2) is 13.9 Å². The van der Waals surface area contributed by atoms with Gasteiger partial charge >= 0.3 is 5.69 Å². The predicted octanol–water partition coefficient (Wildman–Crippen LogP) is 0.0536. The van der Waals surface area contributed by atoms with E-state index in [1.54, 1.807) is 18.6 Å². The maximum Gasteiger partial charge on any atom is 0.350 e. The van der Waals surface area contributed by atoms with Crippen molar-refractivity contribution in [3.8, 4) is 0 Å². The molecule has 0 aliphatic rings. The van der Waals surface area contributed by atoms with Gasteiger partial charge in [0.2, 0.25) is 0 Å². The highest BCUT2D eigenvalue weighted by atomic mass is 16.2. The van der Waals surface area contributed by atoms with Crippen LogP contribution in [-0.2, 0) is 6.54 Å². The Morgan fingerprint density at radius 1 is 1.31 bits per heavy atom. The summed E-state index contributed by atoms with van der Waals surface area (Å²) in [6.07, 6.45) is 7.24. The number of aliphatic hydroxyl groups is 1. The molecule has 2 heterocycles. The lowest BCUT2D eigenvalue weighted by molar-refractivity contribution is 0.281. The molecular weight excluding hydrogens is 208 g/mol. The van der Waals surface area contributed by atoms with Crippen LogP contribution in [-0.4, -0.2) is 30.9 Å². The first kappa shape index (κ1) is 10.8. The number of unbranched alkanes of at least 4 members (excludes halogenated alkanes) is 2. The van der Waals surface area contributed by atoms with Crippen LogP contribution in [0.3, 0.4) is 0 Å². The molecule has 0 radical (unpaired) electrons. The average Bonchev–Trinajstić information content (AvgIpc) is 2.63. The summed E-state index contributed by atoms with van der Waals surface area (Å²) in [6.45, 7) is 0.782. The Hall–Kier alpha value is -1.69. The summed E-state index contributed by atoms with van der Waals surface area (Å²) < 4.78 is 2.91. The van der Waals surface area contributed by atoms with Gasteiger partial charge in [0.05, 0.1) is 6.20 Å². The molecule has 0 spiro atoms. The normalized spacial score (nSPS) is 11.1. The fraction of sp³-hybridized carbons (Fsp3) is 0.500. The van der Waals surface area contributed by atoms with Crippen LogP contribution >= 0.6 is 0 Å². The number of aliphatic hydroxyl groups excluding tert-OH is 1. The quantitative estimate of drug-likeness (QED) is 0.726. The van der Waals surface area contributed by atoms with Crippen molar-refractivity contribution in [2.24, 2.45) is 0 Å². The zero-order valence-electron chi connectivity index (χ0n) is 8.91. The molecule has 86 valence electrons. The highest BCUT2D eigenvalue weighted by molar-refractivity contribution is 5.31. The standard InChI is InChI=1S/C10H14N4O2/c15-7-3-1-2-5-14-10(16)13-6-4-11-8-9(13)12-14/h4,6,8,15H,1-3,5,7H2. The topological polar surface area (TPSA) is 72.4 Å². The van der Waals surface area contributed by atoms with Crippen LogP contribution in [0.2, 0.25) is 0 Å². The molecule has 6 nitrogen and oxygen atoms in total. The minimum Gasteiger partial charge on any atom is -0.396 e. The Balaban J connectivity index is 2.13. The second-order valence-electron chi connectivity index (χ2n) is 3.59. The Bertz CT molecular complexity index is 517. The number of hydrogen-bond donors (Lipinski definition) is 1. The van der Waals surface area contributed by atoms with Crippen molar-refractivity contribution in [3.05, 3.63) is 29.1 Å². The summed E-state index contributed by atoms with van der Waals surface area (Å²) in [5.41, 5.74) is 0.427. The molecule has 2 aromatic rings. The molecule has 6 heteroatoms. The van der Waals surface area contributed by atoms with Gasteiger partial charge in [0.1, 0.15) is 0 Å². The van der Waals surface area contributed by atoms with E-state index in [1.165, 1.54) is 9.08 Å². The van der Waals surface area contributed by atoms with Crippen LogP contribution in [0.5, 0.6) is 0 Å². The van der Waals surface area contributed by atoms with Crippen molar-refractivity contribution in [3.63, 3.8) is 0 Å². The lowest BCUT2D eigenvalue weighted by atomic mass is 10.2. The van der Waals surface area contributed by atoms with E-state index in [0.29, 0.717) is 12.2 Å². The first-order chi connectivity index (χ1) is 7.83. The van der Waals surface area contributed by atoms with Gasteiger partial charge in [0.15, 0.2) is 5.65 Å². The van der Waals surface area contributed by atoms with Crippen LogP contribution in [0.4, 0.5) is 0 Å². The summed E-state index contributed by atoms with van der Waals surface area (Å²) in [6, 6.07) is 0. The summed E-state index contributed by atoms with van der Waals surface area (Å²) in [4.78, 5) is 15.7. The van der Waals surface area contributed by atoms with Crippen LogP contribution in [0.15, 0.2) is 23.4 Å². The van der Waals surface area contributed by atoms with Crippen LogP contribution in [0.1, 0.15) is 19.3 Å². The van der Waals surface area contributed by atoms with Gasteiger partial charge in [-0.1, -0.05) is 0 Å². The monoisotopic (exact) mass is 222 g/mol. The Labute approximate surface area is 92.2 Å². The van der Waals surface area contributed by atoms with Crippen molar-refractivity contribution in [1.82, 2.24) is 19.2 Å². The molecule has 1 N–H and O–H groups in total. The molecule has 0 aliphatic carbocycles. The highest BCUT2D eigenvalue weighted by Crippen LogP contribution is 1.97. The Kier molecular flexibility index (Phi) is 3.31. The fourth-order valence-electron chi connectivity index (χ4n) is 1.58. The second-order valence-corrected chi connectivity index (χ2v) is 3.59. The third kappa shape index (κ3) is 2.11. The van der Waals surface area contributed by atoms with Crippen molar-refractivity contribution >= 4 is 5.65 Å².